The molecular weight excluding hydrogens is 657 g/mol. The predicted octanol–water partition coefficient (Wildman–Crippen LogP) is 4.28. The Bertz CT molecular complexity index is 1810. The number of nitrogens with one attached hydrogen (secondary N) is 2. The number of carbonyl (C=O) groups excluding carboxylic acids is 3. The lowest BCUT2D eigenvalue weighted by Crippen LogP contribution is -2.51. The van der Waals surface area contributed by atoms with Gasteiger partial charge in [0.2, 0.25) is 12.7 Å². The highest BCUT2D eigenvalue weighted by Gasteiger charge is 2.51. The maximum absolute atomic E-state index is 14.1. The second-order valence-corrected chi connectivity index (χ2v) is 14.8. The second-order valence-electron chi connectivity index (χ2n) is 14.8. The maximum atomic E-state index is 14.1. The van der Waals surface area contributed by atoms with E-state index in [1.807, 2.05) is 77.9 Å². The third-order valence-electron chi connectivity index (χ3n) is 10.6. The number of hydrogen-bond acceptors (Lipinski definition) is 10. The summed E-state index contributed by atoms with van der Waals surface area (Å²) in [6, 6.07) is 10.2. The average molecular weight is 702 g/mol. The molecule has 2 N–H and O–H groups in total. The molecule has 51 heavy (non-hydrogen) atoms. The summed E-state index contributed by atoms with van der Waals surface area (Å²) >= 11 is 0. The largest absolute Gasteiger partial charge is 0.494 e. The van der Waals surface area contributed by atoms with Crippen LogP contribution in [0.25, 0.3) is 11.3 Å². The molecule has 14 nitrogen and oxygen atoms in total. The fraction of sp³-hybridized carbons (Fsp3) is 0.500. The van der Waals surface area contributed by atoms with Gasteiger partial charge in [0.25, 0.3) is 0 Å². The van der Waals surface area contributed by atoms with Crippen LogP contribution >= 0.6 is 0 Å². The number of nitrogens with zero attached hydrogens (tertiary/aromatic N) is 3. The van der Waals surface area contributed by atoms with Gasteiger partial charge in [0.15, 0.2) is 11.5 Å². The van der Waals surface area contributed by atoms with Crippen LogP contribution in [0.1, 0.15) is 71.0 Å². The van der Waals surface area contributed by atoms with Crippen LogP contribution in [0.2, 0.25) is 0 Å². The molecule has 7 rings (SSSR count). The van der Waals surface area contributed by atoms with Crippen molar-refractivity contribution in [2.45, 2.75) is 90.4 Å². The minimum absolute atomic E-state index is 0.118. The van der Waals surface area contributed by atoms with Gasteiger partial charge in [0.1, 0.15) is 18.0 Å². The Labute approximate surface area is 297 Å². The quantitative estimate of drug-likeness (QED) is 0.342. The van der Waals surface area contributed by atoms with Crippen molar-refractivity contribution in [3.8, 4) is 22.8 Å². The maximum Gasteiger partial charge on any atom is 0.494 e. The number of aromatic amines is 1. The average Bonchev–Trinajstić information content (AvgIpc) is 3.92. The number of likely N-dealkylation sites (tertiary alicyclic amines) is 1. The number of amides is 3. The Morgan fingerprint density at radius 2 is 1.75 bits per heavy atom. The van der Waals surface area contributed by atoms with Gasteiger partial charge < -0.3 is 43.5 Å². The molecule has 5 heterocycles. The minimum Gasteiger partial charge on any atom is -0.454 e. The highest BCUT2D eigenvalue weighted by Crippen LogP contribution is 2.42. The van der Waals surface area contributed by atoms with Crippen molar-refractivity contribution in [3.05, 3.63) is 59.5 Å². The molecule has 0 radical (unpaired) electrons. The Hall–Kier alpha value is -4.76. The van der Waals surface area contributed by atoms with Crippen LogP contribution in [0.3, 0.4) is 0 Å². The Kier molecular flexibility index (Phi) is 8.90. The highest BCUT2D eigenvalue weighted by molar-refractivity contribution is 6.62. The standard InChI is InChI=1S/C36H44BN5O9/c1-20(2)29(40-33(44)46-7)32(43)42-17-24(49-34(45)41-16-22-10-13-28-30(25(22)18-41)48-19-47-28)14-27(42)31-38-15-26(39-31)21-8-11-23(12-9-21)37-50-35(3,4)36(5,6)51-37/h8-13,15,20,24,27,29H,14,16-19H2,1-7H3,(H,38,39)(H,40,44)/t24-,27+,29+/m1/s1. The van der Waals surface area contributed by atoms with Crippen molar-refractivity contribution < 1.29 is 42.6 Å². The van der Waals surface area contributed by atoms with E-state index in [1.54, 1.807) is 16.0 Å². The summed E-state index contributed by atoms with van der Waals surface area (Å²) in [6.07, 6.45) is 0.270. The molecule has 0 unspecified atom stereocenters. The highest BCUT2D eigenvalue weighted by atomic mass is 16.7. The van der Waals surface area contributed by atoms with Crippen LogP contribution in [-0.4, -0.2) is 88.8 Å². The van der Waals surface area contributed by atoms with Crippen molar-refractivity contribution in [3.63, 3.8) is 0 Å². The van der Waals surface area contributed by atoms with Crippen LogP contribution in [0.4, 0.5) is 9.59 Å². The van der Waals surface area contributed by atoms with E-state index in [2.05, 4.69) is 10.3 Å². The summed E-state index contributed by atoms with van der Waals surface area (Å²) in [5.74, 6) is 1.29. The molecule has 0 spiro atoms. The molecule has 0 aliphatic carbocycles. The lowest BCUT2D eigenvalue weighted by Gasteiger charge is -2.32. The molecule has 0 bridgehead atoms. The first-order valence-corrected chi connectivity index (χ1v) is 17.3. The normalized spacial score (nSPS) is 21.9. The van der Waals surface area contributed by atoms with E-state index in [1.165, 1.54) is 7.11 Å². The molecule has 3 amide bonds. The lowest BCUT2D eigenvalue weighted by molar-refractivity contribution is -0.135. The molecule has 4 aliphatic rings. The fourth-order valence-electron chi connectivity index (χ4n) is 6.90. The van der Waals surface area contributed by atoms with Gasteiger partial charge in [0.05, 0.1) is 43.1 Å². The van der Waals surface area contributed by atoms with Gasteiger partial charge in [-0.15, -0.1) is 0 Å². The Morgan fingerprint density at radius 1 is 1.02 bits per heavy atom. The molecule has 270 valence electrons. The van der Waals surface area contributed by atoms with Crippen molar-refractivity contribution >= 4 is 30.7 Å². The topological polar surface area (TPSA) is 154 Å². The predicted molar refractivity (Wildman–Crippen MR) is 185 cm³/mol. The fourth-order valence-corrected chi connectivity index (χ4v) is 6.90. The number of rotatable bonds is 7. The van der Waals surface area contributed by atoms with E-state index in [4.69, 9.17) is 33.2 Å². The Morgan fingerprint density at radius 3 is 2.43 bits per heavy atom. The Balaban J connectivity index is 1.09. The molecule has 2 aromatic carbocycles. The number of H-pyrrole nitrogens is 1. The monoisotopic (exact) mass is 701 g/mol. The third kappa shape index (κ3) is 6.48. The van der Waals surface area contributed by atoms with Crippen molar-refractivity contribution in [1.82, 2.24) is 25.1 Å². The summed E-state index contributed by atoms with van der Waals surface area (Å²) in [5.41, 5.74) is 3.42. The van der Waals surface area contributed by atoms with E-state index in [0.717, 1.165) is 22.2 Å². The van der Waals surface area contributed by atoms with Gasteiger partial charge in [-0.2, -0.15) is 0 Å². The third-order valence-corrected chi connectivity index (χ3v) is 10.6. The van der Waals surface area contributed by atoms with Crippen LogP contribution in [0.5, 0.6) is 11.5 Å². The number of carbonyl (C=O) groups is 3. The lowest BCUT2D eigenvalue weighted by atomic mass is 9.79. The van der Waals surface area contributed by atoms with Gasteiger partial charge in [-0.25, -0.2) is 14.6 Å². The molecule has 3 atom stereocenters. The summed E-state index contributed by atoms with van der Waals surface area (Å²) in [6.45, 7) is 12.7. The number of imidazole rings is 1. The van der Waals surface area contributed by atoms with Crippen LogP contribution in [0.15, 0.2) is 42.6 Å². The van der Waals surface area contributed by atoms with Crippen LogP contribution < -0.4 is 20.3 Å². The van der Waals surface area contributed by atoms with E-state index >= 15 is 0 Å². The smallest absolute Gasteiger partial charge is 0.454 e. The first-order valence-electron chi connectivity index (χ1n) is 17.3. The van der Waals surface area contributed by atoms with Crippen molar-refractivity contribution in [2.75, 3.05) is 20.4 Å². The molecule has 1 aromatic heterocycles. The molecule has 2 saturated heterocycles. The zero-order valence-corrected chi connectivity index (χ0v) is 30.0. The number of fused-ring (bicyclic) bond motifs is 3. The van der Waals surface area contributed by atoms with E-state index in [-0.39, 0.29) is 25.2 Å². The molecular formula is C36H44BN5O9. The summed E-state index contributed by atoms with van der Waals surface area (Å²) in [4.78, 5) is 51.2. The van der Waals surface area contributed by atoms with E-state index in [9.17, 15) is 14.4 Å². The van der Waals surface area contributed by atoms with E-state index < -0.39 is 48.7 Å². The number of benzene rings is 2. The van der Waals surface area contributed by atoms with Crippen molar-refractivity contribution in [2.24, 2.45) is 5.92 Å². The zero-order chi connectivity index (χ0) is 36.2. The summed E-state index contributed by atoms with van der Waals surface area (Å²) < 4.78 is 34.4. The number of ether oxygens (including phenoxy) is 4. The molecule has 2 fully saturated rings. The molecule has 3 aromatic rings. The number of hydrogen-bond donors (Lipinski definition) is 2. The summed E-state index contributed by atoms with van der Waals surface area (Å²) in [7, 11) is 0.767. The van der Waals surface area contributed by atoms with Gasteiger partial charge in [-0.05, 0) is 50.7 Å². The second kappa shape index (κ2) is 13.1. The van der Waals surface area contributed by atoms with Gasteiger partial charge in [0, 0.05) is 30.3 Å². The number of aromatic nitrogens is 2. The first kappa shape index (κ1) is 34.7. The summed E-state index contributed by atoms with van der Waals surface area (Å²) in [5, 5.41) is 2.67. The molecule has 0 saturated carbocycles. The van der Waals surface area contributed by atoms with Crippen LogP contribution in [-0.2, 0) is 36.7 Å². The first-order chi connectivity index (χ1) is 24.2. The van der Waals surface area contributed by atoms with Gasteiger partial charge >= 0.3 is 19.3 Å². The molecule has 4 aliphatic heterocycles. The number of alkyl carbamates (subject to hydrolysis) is 1. The van der Waals surface area contributed by atoms with Crippen molar-refractivity contribution in [1.29, 1.82) is 0 Å². The zero-order valence-electron chi connectivity index (χ0n) is 30.0. The number of methoxy groups -OCH3 is 1. The minimum atomic E-state index is -0.872. The molecule has 15 heteroatoms. The van der Waals surface area contributed by atoms with Gasteiger partial charge in [-0.3, -0.25) is 9.69 Å². The SMILES string of the molecule is COC(=O)N[C@H](C(=O)N1C[C@H](OC(=O)N2Cc3ccc4c(c3C2)OCO4)C[C@H]1c1nc(-c2ccc(B3OC(C)(C)C(C)(C)O3)cc2)c[nH]1)C(C)C. The van der Waals surface area contributed by atoms with Crippen LogP contribution in [0, 0.1) is 5.92 Å². The van der Waals surface area contributed by atoms with E-state index in [0.29, 0.717) is 42.5 Å². The van der Waals surface area contributed by atoms with Gasteiger partial charge in [-0.1, -0.05) is 44.2 Å².